The third kappa shape index (κ3) is 4.98. The van der Waals surface area contributed by atoms with Crippen LogP contribution in [0.1, 0.15) is 50.2 Å². The van der Waals surface area contributed by atoms with E-state index in [-0.39, 0.29) is 24.9 Å². The lowest BCUT2D eigenvalue weighted by Crippen LogP contribution is -2.47. The van der Waals surface area contributed by atoms with Gasteiger partial charge in [0.15, 0.2) is 6.10 Å². The van der Waals surface area contributed by atoms with Crippen LogP contribution in [0.2, 0.25) is 0 Å². The number of carbonyl (C=O) groups excluding carboxylic acids is 4. The summed E-state index contributed by atoms with van der Waals surface area (Å²) in [4.78, 5) is 50.7. The van der Waals surface area contributed by atoms with Crippen LogP contribution in [0.3, 0.4) is 0 Å². The molecule has 4 amide bonds. The summed E-state index contributed by atoms with van der Waals surface area (Å²) in [6.45, 7) is 5.52. The van der Waals surface area contributed by atoms with Gasteiger partial charge in [0.05, 0.1) is 5.92 Å². The van der Waals surface area contributed by atoms with Gasteiger partial charge in [0.25, 0.3) is 5.91 Å². The van der Waals surface area contributed by atoms with Crippen LogP contribution in [-0.2, 0) is 19.1 Å². The summed E-state index contributed by atoms with van der Waals surface area (Å²) in [5.41, 5.74) is 2.83. The zero-order valence-corrected chi connectivity index (χ0v) is 17.7. The Labute approximate surface area is 176 Å². The molecule has 0 unspecified atom stereocenters. The minimum atomic E-state index is -1.13. The molecule has 2 N–H and O–H groups in total. The topological polar surface area (TPSA) is 105 Å². The van der Waals surface area contributed by atoms with Crippen LogP contribution in [-0.4, -0.2) is 42.5 Å². The second kappa shape index (κ2) is 9.28. The summed E-state index contributed by atoms with van der Waals surface area (Å²) < 4.78 is 5.24. The Kier molecular flexibility index (Phi) is 6.74. The largest absolute Gasteiger partial charge is 0.452 e. The number of urea groups is 1. The predicted molar refractivity (Wildman–Crippen MR) is 111 cm³/mol. The van der Waals surface area contributed by atoms with Crippen molar-refractivity contribution < 1.29 is 23.9 Å². The number of ether oxygens (including phenoxy) is 1. The quantitative estimate of drug-likeness (QED) is 0.719. The average Bonchev–Trinajstić information content (AvgIpc) is 3.33. The van der Waals surface area contributed by atoms with Gasteiger partial charge >= 0.3 is 12.0 Å². The fraction of sp³-hybridized carbons (Fsp3) is 0.545. The summed E-state index contributed by atoms with van der Waals surface area (Å²) >= 11 is 0. The van der Waals surface area contributed by atoms with Crippen molar-refractivity contribution in [1.82, 2.24) is 10.6 Å². The molecule has 0 radical (unpaired) electrons. The SMILES string of the molecule is Cc1cccc(N2C[C@H](C(=O)O[C@@H](C)C(=O)NC(=O)NC3CCCC3)CC2=O)c1C. The standard InChI is InChI=1S/C22H29N3O5/c1-13-7-6-10-18(14(13)2)25-12-16(11-19(25)26)21(28)30-15(3)20(27)24-22(29)23-17-8-4-5-9-17/h6-7,10,15-17H,4-5,8-9,11-12H2,1-3H3,(H2,23,24,27,29)/t15-,16+/m0/s1. The van der Waals surface area contributed by atoms with Gasteiger partial charge < -0.3 is 15.0 Å². The highest BCUT2D eigenvalue weighted by molar-refractivity contribution is 6.01. The molecule has 1 aliphatic heterocycles. The summed E-state index contributed by atoms with van der Waals surface area (Å²) in [6.07, 6.45) is 2.83. The van der Waals surface area contributed by atoms with E-state index in [0.717, 1.165) is 42.5 Å². The van der Waals surface area contributed by atoms with E-state index < -0.39 is 29.9 Å². The predicted octanol–water partition coefficient (Wildman–Crippen LogP) is 2.36. The second-order valence-electron chi connectivity index (χ2n) is 8.15. The number of hydrogen-bond acceptors (Lipinski definition) is 5. The van der Waals surface area contributed by atoms with Gasteiger partial charge in [-0.25, -0.2) is 4.79 Å². The fourth-order valence-corrected chi connectivity index (χ4v) is 3.96. The van der Waals surface area contributed by atoms with E-state index in [4.69, 9.17) is 4.74 Å². The molecule has 1 heterocycles. The molecule has 0 bridgehead atoms. The van der Waals surface area contributed by atoms with Crippen LogP contribution in [0.5, 0.6) is 0 Å². The van der Waals surface area contributed by atoms with E-state index in [9.17, 15) is 19.2 Å². The first-order chi connectivity index (χ1) is 14.3. The van der Waals surface area contributed by atoms with Crippen molar-refractivity contribution in [2.45, 2.75) is 65.0 Å². The van der Waals surface area contributed by atoms with Crippen LogP contribution >= 0.6 is 0 Å². The maximum atomic E-state index is 12.5. The lowest BCUT2D eigenvalue weighted by atomic mass is 10.1. The molecule has 8 heteroatoms. The smallest absolute Gasteiger partial charge is 0.321 e. The number of anilines is 1. The number of hydrogen-bond donors (Lipinski definition) is 2. The highest BCUT2D eigenvalue weighted by atomic mass is 16.5. The highest BCUT2D eigenvalue weighted by Gasteiger charge is 2.38. The minimum absolute atomic E-state index is 0.0305. The van der Waals surface area contributed by atoms with Gasteiger partial charge in [-0.2, -0.15) is 0 Å². The van der Waals surface area contributed by atoms with Gasteiger partial charge in [-0.1, -0.05) is 25.0 Å². The van der Waals surface area contributed by atoms with Gasteiger partial charge in [0.1, 0.15) is 0 Å². The van der Waals surface area contributed by atoms with Crippen molar-refractivity contribution >= 4 is 29.5 Å². The number of nitrogens with one attached hydrogen (secondary N) is 2. The van der Waals surface area contributed by atoms with Crippen LogP contribution in [0, 0.1) is 19.8 Å². The first-order valence-electron chi connectivity index (χ1n) is 10.4. The van der Waals surface area contributed by atoms with Crippen molar-refractivity contribution in [2.24, 2.45) is 5.92 Å². The van der Waals surface area contributed by atoms with Crippen LogP contribution in [0.4, 0.5) is 10.5 Å². The molecule has 2 atom stereocenters. The highest BCUT2D eigenvalue weighted by Crippen LogP contribution is 2.30. The van der Waals surface area contributed by atoms with E-state index in [2.05, 4.69) is 10.6 Å². The molecule has 2 aliphatic rings. The van der Waals surface area contributed by atoms with Crippen LogP contribution in [0.25, 0.3) is 0 Å². The summed E-state index contributed by atoms with van der Waals surface area (Å²) in [6, 6.07) is 5.20. The van der Waals surface area contributed by atoms with Crippen molar-refractivity contribution in [2.75, 3.05) is 11.4 Å². The Morgan fingerprint density at radius 3 is 2.57 bits per heavy atom. The lowest BCUT2D eigenvalue weighted by Gasteiger charge is -2.20. The van der Waals surface area contributed by atoms with E-state index in [1.807, 2.05) is 32.0 Å². The van der Waals surface area contributed by atoms with Crippen molar-refractivity contribution in [3.63, 3.8) is 0 Å². The Morgan fingerprint density at radius 2 is 1.87 bits per heavy atom. The van der Waals surface area contributed by atoms with Gasteiger partial charge in [-0.05, 0) is 50.8 Å². The normalized spacial score (nSPS) is 20.2. The van der Waals surface area contributed by atoms with Crippen LogP contribution in [0.15, 0.2) is 18.2 Å². The van der Waals surface area contributed by atoms with Gasteiger partial charge in [-0.3, -0.25) is 19.7 Å². The molecule has 1 saturated heterocycles. The first-order valence-corrected chi connectivity index (χ1v) is 10.4. The number of rotatable bonds is 5. The Morgan fingerprint density at radius 1 is 1.17 bits per heavy atom. The van der Waals surface area contributed by atoms with Gasteiger partial charge in [0, 0.05) is 24.7 Å². The third-order valence-corrected chi connectivity index (χ3v) is 5.91. The van der Waals surface area contributed by atoms with Crippen molar-refractivity contribution in [3.8, 4) is 0 Å². The minimum Gasteiger partial charge on any atom is -0.452 e. The van der Waals surface area contributed by atoms with E-state index >= 15 is 0 Å². The number of benzene rings is 1. The molecule has 1 saturated carbocycles. The summed E-state index contributed by atoms with van der Waals surface area (Å²) in [7, 11) is 0. The fourth-order valence-electron chi connectivity index (χ4n) is 3.96. The van der Waals surface area contributed by atoms with Crippen molar-refractivity contribution in [3.05, 3.63) is 29.3 Å². The maximum Gasteiger partial charge on any atom is 0.321 e. The molecule has 3 rings (SSSR count). The van der Waals surface area contributed by atoms with Gasteiger partial charge in [0.2, 0.25) is 5.91 Å². The number of imide groups is 1. The third-order valence-electron chi connectivity index (χ3n) is 5.91. The summed E-state index contributed by atoms with van der Waals surface area (Å²) in [5, 5.41) is 4.97. The lowest BCUT2D eigenvalue weighted by molar-refractivity contribution is -0.158. The second-order valence-corrected chi connectivity index (χ2v) is 8.15. The maximum absolute atomic E-state index is 12.5. The van der Waals surface area contributed by atoms with E-state index in [1.54, 1.807) is 4.90 Å². The van der Waals surface area contributed by atoms with Crippen LogP contribution < -0.4 is 15.5 Å². The molecule has 1 aromatic rings. The molecule has 1 aliphatic carbocycles. The molecule has 8 nitrogen and oxygen atoms in total. The van der Waals surface area contributed by atoms with Crippen molar-refractivity contribution in [1.29, 1.82) is 0 Å². The molecule has 0 spiro atoms. The number of carbonyl (C=O) groups is 4. The molecule has 2 fully saturated rings. The molecule has 1 aromatic carbocycles. The first kappa shape index (κ1) is 21.8. The van der Waals surface area contributed by atoms with E-state index in [0.29, 0.717) is 0 Å². The Bertz CT molecular complexity index is 847. The monoisotopic (exact) mass is 415 g/mol. The van der Waals surface area contributed by atoms with Gasteiger partial charge in [-0.15, -0.1) is 0 Å². The average molecular weight is 415 g/mol. The Hall–Kier alpha value is -2.90. The number of esters is 1. The molecule has 162 valence electrons. The molecule has 30 heavy (non-hydrogen) atoms. The number of amides is 4. The molecule has 0 aromatic heterocycles. The zero-order chi connectivity index (χ0) is 21.8. The zero-order valence-electron chi connectivity index (χ0n) is 17.7. The molecular weight excluding hydrogens is 386 g/mol. The number of aryl methyl sites for hydroxylation is 1. The summed E-state index contributed by atoms with van der Waals surface area (Å²) in [5.74, 6) is -2.11. The van der Waals surface area contributed by atoms with E-state index in [1.165, 1.54) is 6.92 Å². The Balaban J connectivity index is 1.52. The molecular formula is C22H29N3O5. The number of nitrogens with zero attached hydrogens (tertiary/aromatic N) is 1.